The Morgan fingerprint density at radius 2 is 1.92 bits per heavy atom. The van der Waals surface area contributed by atoms with Crippen molar-refractivity contribution in [2.45, 2.75) is 26.1 Å². The van der Waals surface area contributed by atoms with E-state index in [4.69, 9.17) is 0 Å². The largest absolute Gasteiger partial charge is 0.469 e. The van der Waals surface area contributed by atoms with E-state index in [-0.39, 0.29) is 48.7 Å². The second-order valence-corrected chi connectivity index (χ2v) is 4.94. The fourth-order valence-electron chi connectivity index (χ4n) is 1.88. The van der Waals surface area contributed by atoms with Gasteiger partial charge >= 0.3 is 12.6 Å². The highest BCUT2D eigenvalue weighted by molar-refractivity contribution is 14.0. The lowest BCUT2D eigenvalue weighted by atomic mass is 10.1. The maximum absolute atomic E-state index is 12.1. The molecule has 1 atom stereocenters. The minimum absolute atomic E-state index is 0. The fourth-order valence-corrected chi connectivity index (χ4v) is 1.88. The van der Waals surface area contributed by atoms with Crippen molar-refractivity contribution in [3.63, 3.8) is 0 Å². The normalized spacial score (nSPS) is 12.2. The third kappa shape index (κ3) is 9.70. The first-order valence-corrected chi connectivity index (χ1v) is 7.78. The van der Waals surface area contributed by atoms with Crippen LogP contribution < -0.4 is 15.4 Å². The summed E-state index contributed by atoms with van der Waals surface area (Å²) in [5.74, 6) is 0.130. The standard InChI is InChI=1S/C16H23F2N3O4.HI/c1-3-19-16(20-9-8-14(23)24-2)21-10-13(22)11-4-6-12(7-5-11)25-15(17)18;/h4-7,13,15,22H,3,8-10H2,1-2H3,(H2,19,20,21);1H. The zero-order valence-corrected chi connectivity index (χ0v) is 16.9. The molecule has 1 unspecified atom stereocenters. The summed E-state index contributed by atoms with van der Waals surface area (Å²) in [5.41, 5.74) is 0.524. The molecule has 3 N–H and O–H groups in total. The number of aliphatic hydroxyl groups is 1. The van der Waals surface area contributed by atoms with Crippen LogP contribution in [0.5, 0.6) is 5.75 Å². The van der Waals surface area contributed by atoms with Crippen LogP contribution in [0.15, 0.2) is 29.3 Å². The third-order valence-corrected chi connectivity index (χ3v) is 3.11. The average molecular weight is 487 g/mol. The summed E-state index contributed by atoms with van der Waals surface area (Å²) in [7, 11) is 1.32. The molecule has 1 rings (SSSR count). The van der Waals surface area contributed by atoms with E-state index in [0.29, 0.717) is 24.6 Å². The highest BCUT2D eigenvalue weighted by Crippen LogP contribution is 2.19. The van der Waals surface area contributed by atoms with Crippen molar-refractivity contribution < 1.29 is 28.2 Å². The zero-order chi connectivity index (χ0) is 18.7. The summed E-state index contributed by atoms with van der Waals surface area (Å²) < 4.78 is 33.0. The number of esters is 1. The molecule has 0 aliphatic heterocycles. The second kappa shape index (κ2) is 13.5. The molecule has 0 aliphatic carbocycles. The first-order chi connectivity index (χ1) is 12.0. The van der Waals surface area contributed by atoms with Gasteiger partial charge in [-0.2, -0.15) is 8.78 Å². The van der Waals surface area contributed by atoms with Gasteiger partial charge in [-0.1, -0.05) is 12.1 Å². The van der Waals surface area contributed by atoms with Crippen molar-refractivity contribution in [2.24, 2.45) is 4.99 Å². The van der Waals surface area contributed by atoms with Gasteiger partial charge in [0.25, 0.3) is 0 Å². The van der Waals surface area contributed by atoms with Crippen molar-refractivity contribution in [1.82, 2.24) is 10.6 Å². The summed E-state index contributed by atoms with van der Waals surface area (Å²) >= 11 is 0. The highest BCUT2D eigenvalue weighted by atomic mass is 127. The molecule has 0 saturated carbocycles. The number of guanidine groups is 1. The van der Waals surface area contributed by atoms with Crippen LogP contribution >= 0.6 is 24.0 Å². The SMILES string of the molecule is CCNC(=NCC(O)c1ccc(OC(F)F)cc1)NCCC(=O)OC.I. The minimum atomic E-state index is -2.89. The Bertz CT molecular complexity index is 559. The first kappa shape index (κ1) is 24.3. The van der Waals surface area contributed by atoms with E-state index in [2.05, 4.69) is 25.1 Å². The predicted molar refractivity (Wildman–Crippen MR) is 104 cm³/mol. The lowest BCUT2D eigenvalue weighted by Gasteiger charge is -2.13. The number of ether oxygens (including phenoxy) is 2. The lowest BCUT2D eigenvalue weighted by Crippen LogP contribution is -2.38. The van der Waals surface area contributed by atoms with Crippen molar-refractivity contribution in [2.75, 3.05) is 26.7 Å². The van der Waals surface area contributed by atoms with Gasteiger partial charge in [0.05, 0.1) is 26.2 Å². The fraction of sp³-hybridized carbons (Fsp3) is 0.500. The lowest BCUT2D eigenvalue weighted by molar-refractivity contribution is -0.140. The maximum atomic E-state index is 12.1. The molecule has 0 fully saturated rings. The van der Waals surface area contributed by atoms with Crippen LogP contribution in [-0.2, 0) is 9.53 Å². The molecule has 148 valence electrons. The van der Waals surface area contributed by atoms with E-state index < -0.39 is 12.7 Å². The number of aliphatic imine (C=N–C) groups is 1. The van der Waals surface area contributed by atoms with Crippen molar-refractivity contribution in [3.8, 4) is 5.75 Å². The monoisotopic (exact) mass is 487 g/mol. The summed E-state index contributed by atoms with van der Waals surface area (Å²) in [6, 6.07) is 5.70. The zero-order valence-electron chi connectivity index (χ0n) is 14.6. The number of rotatable bonds is 9. The average Bonchev–Trinajstić information content (AvgIpc) is 2.59. The molecule has 0 bridgehead atoms. The first-order valence-electron chi connectivity index (χ1n) is 7.78. The van der Waals surface area contributed by atoms with E-state index in [1.807, 2.05) is 6.92 Å². The molecule has 26 heavy (non-hydrogen) atoms. The number of aliphatic hydroxyl groups excluding tert-OH is 1. The Kier molecular flexibility index (Phi) is 12.6. The van der Waals surface area contributed by atoms with Gasteiger partial charge in [0.1, 0.15) is 5.75 Å². The topological polar surface area (TPSA) is 92.2 Å². The number of halogens is 3. The van der Waals surface area contributed by atoms with E-state index in [0.717, 1.165) is 0 Å². The minimum Gasteiger partial charge on any atom is -0.469 e. The number of benzene rings is 1. The highest BCUT2D eigenvalue weighted by Gasteiger charge is 2.10. The molecule has 0 spiro atoms. The van der Waals surface area contributed by atoms with Crippen LogP contribution in [0.4, 0.5) is 8.78 Å². The molecule has 10 heteroatoms. The van der Waals surface area contributed by atoms with Crippen LogP contribution in [0.2, 0.25) is 0 Å². The molecule has 0 aliphatic rings. The molecule has 0 aromatic heterocycles. The molecule has 0 amide bonds. The van der Waals surface area contributed by atoms with Gasteiger partial charge in [0.2, 0.25) is 0 Å². The summed E-state index contributed by atoms with van der Waals surface area (Å²) in [6.45, 7) is 0.00549. The third-order valence-electron chi connectivity index (χ3n) is 3.11. The smallest absolute Gasteiger partial charge is 0.387 e. The van der Waals surface area contributed by atoms with Crippen LogP contribution in [-0.4, -0.2) is 50.4 Å². The Labute approximate surface area is 168 Å². The Hall–Kier alpha value is -1.69. The van der Waals surface area contributed by atoms with E-state index >= 15 is 0 Å². The summed E-state index contributed by atoms with van der Waals surface area (Å²) in [6.07, 6.45) is -0.716. The number of alkyl halides is 2. The van der Waals surface area contributed by atoms with Gasteiger partial charge in [0, 0.05) is 13.1 Å². The summed E-state index contributed by atoms with van der Waals surface area (Å²) in [4.78, 5) is 15.3. The number of carbonyl (C=O) groups excluding carboxylic acids is 1. The van der Waals surface area contributed by atoms with Gasteiger partial charge in [0.15, 0.2) is 5.96 Å². The molecular formula is C16H24F2IN3O4. The van der Waals surface area contributed by atoms with Gasteiger partial charge in [-0.05, 0) is 24.6 Å². The second-order valence-electron chi connectivity index (χ2n) is 4.94. The number of nitrogens with zero attached hydrogens (tertiary/aromatic N) is 1. The van der Waals surface area contributed by atoms with E-state index in [1.54, 1.807) is 0 Å². The van der Waals surface area contributed by atoms with Crippen molar-refractivity contribution in [1.29, 1.82) is 0 Å². The van der Waals surface area contributed by atoms with Crippen molar-refractivity contribution >= 4 is 35.9 Å². The van der Waals surface area contributed by atoms with Gasteiger partial charge in [-0.15, -0.1) is 24.0 Å². The molecule has 0 radical (unpaired) electrons. The van der Waals surface area contributed by atoms with Gasteiger partial charge in [-0.25, -0.2) is 0 Å². The number of carbonyl (C=O) groups is 1. The molecule has 1 aromatic carbocycles. The number of methoxy groups -OCH3 is 1. The van der Waals surface area contributed by atoms with E-state index in [9.17, 15) is 18.7 Å². The van der Waals surface area contributed by atoms with Crippen molar-refractivity contribution in [3.05, 3.63) is 29.8 Å². The number of hydrogen-bond donors (Lipinski definition) is 3. The van der Waals surface area contributed by atoms with Crippen LogP contribution in [0.3, 0.4) is 0 Å². The molecular weight excluding hydrogens is 463 g/mol. The number of nitrogens with one attached hydrogen (secondary N) is 2. The molecule has 0 heterocycles. The quantitative estimate of drug-likeness (QED) is 0.214. The maximum Gasteiger partial charge on any atom is 0.387 e. The van der Waals surface area contributed by atoms with Crippen LogP contribution in [0, 0.1) is 0 Å². The Morgan fingerprint density at radius 3 is 2.46 bits per heavy atom. The van der Waals surface area contributed by atoms with E-state index in [1.165, 1.54) is 31.4 Å². The molecule has 1 aromatic rings. The Balaban J connectivity index is 0.00000625. The molecule has 7 nitrogen and oxygen atoms in total. The van der Waals surface area contributed by atoms with Gasteiger partial charge < -0.3 is 25.2 Å². The Morgan fingerprint density at radius 1 is 1.27 bits per heavy atom. The molecule has 0 saturated heterocycles. The van der Waals surface area contributed by atoms with Crippen LogP contribution in [0.25, 0.3) is 0 Å². The van der Waals surface area contributed by atoms with Crippen LogP contribution in [0.1, 0.15) is 25.0 Å². The summed E-state index contributed by atoms with van der Waals surface area (Å²) in [5, 5.41) is 16.1. The number of hydrogen-bond acceptors (Lipinski definition) is 5. The van der Waals surface area contributed by atoms with Gasteiger partial charge in [-0.3, -0.25) is 9.79 Å². The predicted octanol–water partition coefficient (Wildman–Crippen LogP) is 2.06.